The van der Waals surface area contributed by atoms with E-state index in [0.29, 0.717) is 12.5 Å². The minimum absolute atomic E-state index is 0.192. The van der Waals surface area contributed by atoms with Gasteiger partial charge >= 0.3 is 0 Å². The summed E-state index contributed by atoms with van der Waals surface area (Å²) in [6.07, 6.45) is 4.31. The summed E-state index contributed by atoms with van der Waals surface area (Å²) in [7, 11) is 0. The molecule has 0 spiro atoms. The smallest absolute Gasteiger partial charge is 0.257 e. The second-order valence-electron chi connectivity index (χ2n) is 5.95. The number of benzene rings is 1. The Kier molecular flexibility index (Phi) is 4.63. The molecule has 0 bridgehead atoms. The number of carbonyl (C=O) groups is 1. The molecular formula is C16H22FNO2. The van der Waals surface area contributed by atoms with E-state index in [9.17, 15) is 14.3 Å². The number of phenols is 1. The van der Waals surface area contributed by atoms with Crippen molar-refractivity contribution in [1.29, 1.82) is 0 Å². The number of rotatable bonds is 4. The maximum atomic E-state index is 13.0. The summed E-state index contributed by atoms with van der Waals surface area (Å²) in [6, 6.07) is 3.83. The molecule has 1 N–H and O–H groups in total. The summed E-state index contributed by atoms with van der Waals surface area (Å²) in [4.78, 5) is 14.5. The number of aromatic hydroxyl groups is 1. The van der Waals surface area contributed by atoms with Crippen molar-refractivity contribution in [3.8, 4) is 5.75 Å². The van der Waals surface area contributed by atoms with Crippen LogP contribution >= 0.6 is 0 Å². The molecule has 0 radical (unpaired) electrons. The van der Waals surface area contributed by atoms with Crippen LogP contribution in [0.5, 0.6) is 5.75 Å². The maximum absolute atomic E-state index is 13.0. The first kappa shape index (κ1) is 14.8. The Morgan fingerprint density at radius 1 is 1.40 bits per heavy atom. The lowest BCUT2D eigenvalue weighted by Crippen LogP contribution is -2.41. The van der Waals surface area contributed by atoms with Crippen molar-refractivity contribution in [1.82, 2.24) is 4.90 Å². The van der Waals surface area contributed by atoms with E-state index in [2.05, 4.69) is 13.8 Å². The molecule has 0 atom stereocenters. The van der Waals surface area contributed by atoms with Gasteiger partial charge in [-0.25, -0.2) is 4.39 Å². The highest BCUT2D eigenvalue weighted by molar-refractivity contribution is 5.97. The number of nitrogens with zero attached hydrogens (tertiary/aromatic N) is 1. The molecule has 0 aliphatic heterocycles. The summed E-state index contributed by atoms with van der Waals surface area (Å²) < 4.78 is 13.0. The molecule has 1 fully saturated rings. The van der Waals surface area contributed by atoms with Crippen LogP contribution in [0.4, 0.5) is 4.39 Å². The van der Waals surface area contributed by atoms with Crippen molar-refractivity contribution in [3.05, 3.63) is 29.6 Å². The quantitative estimate of drug-likeness (QED) is 0.915. The van der Waals surface area contributed by atoms with Gasteiger partial charge in [-0.05, 0) is 30.9 Å². The topological polar surface area (TPSA) is 40.5 Å². The molecule has 0 aromatic heterocycles. The van der Waals surface area contributed by atoms with Gasteiger partial charge in [0.1, 0.15) is 11.6 Å². The van der Waals surface area contributed by atoms with Gasteiger partial charge < -0.3 is 10.0 Å². The van der Waals surface area contributed by atoms with Gasteiger partial charge in [0.05, 0.1) is 5.56 Å². The predicted molar refractivity (Wildman–Crippen MR) is 76.2 cm³/mol. The standard InChI is InChI=1S/C16H22FNO2/c1-11(2)10-18(13-5-3-4-6-13)16(20)14-8-7-12(17)9-15(14)19/h7-9,11,13,19H,3-6,10H2,1-2H3. The zero-order valence-electron chi connectivity index (χ0n) is 12.1. The fraction of sp³-hybridized carbons (Fsp3) is 0.562. The second kappa shape index (κ2) is 6.25. The van der Waals surface area contributed by atoms with Crippen LogP contribution in [0.2, 0.25) is 0 Å². The highest BCUT2D eigenvalue weighted by Gasteiger charge is 2.29. The van der Waals surface area contributed by atoms with Crippen LogP contribution in [0.3, 0.4) is 0 Å². The van der Waals surface area contributed by atoms with Gasteiger partial charge in [0, 0.05) is 18.7 Å². The average molecular weight is 279 g/mol. The Hall–Kier alpha value is -1.58. The van der Waals surface area contributed by atoms with Gasteiger partial charge in [-0.1, -0.05) is 26.7 Å². The number of hydrogen-bond acceptors (Lipinski definition) is 2. The van der Waals surface area contributed by atoms with Crippen molar-refractivity contribution >= 4 is 5.91 Å². The van der Waals surface area contributed by atoms with Crippen molar-refractivity contribution in [2.45, 2.75) is 45.6 Å². The van der Waals surface area contributed by atoms with Crippen molar-refractivity contribution in [2.24, 2.45) is 5.92 Å². The highest BCUT2D eigenvalue weighted by atomic mass is 19.1. The number of carbonyl (C=O) groups excluding carboxylic acids is 1. The molecule has 3 nitrogen and oxygen atoms in total. The van der Waals surface area contributed by atoms with Crippen LogP contribution in [-0.4, -0.2) is 28.5 Å². The number of phenolic OH excluding ortho intramolecular Hbond substituents is 1. The average Bonchev–Trinajstić information content (AvgIpc) is 2.88. The molecule has 0 saturated heterocycles. The first-order valence-corrected chi connectivity index (χ1v) is 7.28. The van der Waals surface area contributed by atoms with Gasteiger partial charge in [-0.15, -0.1) is 0 Å². The zero-order valence-corrected chi connectivity index (χ0v) is 12.1. The third kappa shape index (κ3) is 3.30. The lowest BCUT2D eigenvalue weighted by Gasteiger charge is -2.31. The number of hydrogen-bond donors (Lipinski definition) is 1. The summed E-state index contributed by atoms with van der Waals surface area (Å²) in [5.41, 5.74) is 0.193. The van der Waals surface area contributed by atoms with E-state index < -0.39 is 5.82 Å². The normalized spacial score (nSPS) is 15.8. The summed E-state index contributed by atoms with van der Waals surface area (Å²) in [6.45, 7) is 4.81. The van der Waals surface area contributed by atoms with Gasteiger partial charge in [-0.3, -0.25) is 4.79 Å². The molecule has 1 aliphatic carbocycles. The van der Waals surface area contributed by atoms with Crippen LogP contribution in [0.15, 0.2) is 18.2 Å². The van der Waals surface area contributed by atoms with Crippen LogP contribution in [0, 0.1) is 11.7 Å². The monoisotopic (exact) mass is 279 g/mol. The molecule has 1 aliphatic rings. The summed E-state index contributed by atoms with van der Waals surface area (Å²) in [5.74, 6) is -0.637. The van der Waals surface area contributed by atoms with E-state index in [1.54, 1.807) is 0 Å². The van der Waals surface area contributed by atoms with E-state index in [-0.39, 0.29) is 23.3 Å². The van der Waals surface area contributed by atoms with E-state index >= 15 is 0 Å². The van der Waals surface area contributed by atoms with E-state index in [4.69, 9.17) is 0 Å². The Labute approximate surface area is 119 Å². The van der Waals surface area contributed by atoms with Gasteiger partial charge in [0.2, 0.25) is 0 Å². The Morgan fingerprint density at radius 2 is 2.05 bits per heavy atom. The SMILES string of the molecule is CC(C)CN(C(=O)c1ccc(F)cc1O)C1CCCC1. The fourth-order valence-corrected chi connectivity index (χ4v) is 2.85. The van der Waals surface area contributed by atoms with Crippen molar-refractivity contribution in [3.63, 3.8) is 0 Å². The van der Waals surface area contributed by atoms with Crippen LogP contribution < -0.4 is 0 Å². The number of halogens is 1. The molecule has 0 heterocycles. The molecule has 20 heavy (non-hydrogen) atoms. The lowest BCUT2D eigenvalue weighted by atomic mass is 10.1. The van der Waals surface area contributed by atoms with Gasteiger partial charge in [0.15, 0.2) is 0 Å². The second-order valence-corrected chi connectivity index (χ2v) is 5.95. The third-order valence-corrected chi connectivity index (χ3v) is 3.78. The minimum Gasteiger partial charge on any atom is -0.507 e. The first-order valence-electron chi connectivity index (χ1n) is 7.28. The molecule has 1 saturated carbocycles. The molecule has 0 unspecified atom stereocenters. The van der Waals surface area contributed by atoms with Crippen molar-refractivity contribution < 1.29 is 14.3 Å². The Bertz CT molecular complexity index is 481. The van der Waals surface area contributed by atoms with Gasteiger partial charge in [-0.2, -0.15) is 0 Å². The zero-order chi connectivity index (χ0) is 14.7. The minimum atomic E-state index is -0.532. The molecule has 110 valence electrons. The molecule has 2 rings (SSSR count). The molecule has 1 amide bonds. The Balaban J connectivity index is 2.24. The van der Waals surface area contributed by atoms with Crippen LogP contribution in [-0.2, 0) is 0 Å². The highest BCUT2D eigenvalue weighted by Crippen LogP contribution is 2.28. The maximum Gasteiger partial charge on any atom is 0.257 e. The summed E-state index contributed by atoms with van der Waals surface area (Å²) >= 11 is 0. The lowest BCUT2D eigenvalue weighted by molar-refractivity contribution is 0.0652. The number of amides is 1. The third-order valence-electron chi connectivity index (χ3n) is 3.78. The molecule has 1 aromatic carbocycles. The van der Waals surface area contributed by atoms with E-state index in [0.717, 1.165) is 31.7 Å². The van der Waals surface area contributed by atoms with E-state index in [1.165, 1.54) is 12.1 Å². The summed E-state index contributed by atoms with van der Waals surface area (Å²) in [5, 5.41) is 9.80. The largest absolute Gasteiger partial charge is 0.507 e. The predicted octanol–water partition coefficient (Wildman–Crippen LogP) is 3.57. The van der Waals surface area contributed by atoms with Crippen LogP contribution in [0.25, 0.3) is 0 Å². The fourth-order valence-electron chi connectivity index (χ4n) is 2.85. The van der Waals surface area contributed by atoms with Crippen molar-refractivity contribution in [2.75, 3.05) is 6.54 Å². The Morgan fingerprint density at radius 3 is 2.60 bits per heavy atom. The first-order chi connectivity index (χ1) is 9.49. The molecule has 4 heteroatoms. The van der Waals surface area contributed by atoms with Gasteiger partial charge in [0.25, 0.3) is 5.91 Å². The van der Waals surface area contributed by atoms with Crippen LogP contribution in [0.1, 0.15) is 49.9 Å². The molecular weight excluding hydrogens is 257 g/mol. The molecule has 1 aromatic rings. The van der Waals surface area contributed by atoms with E-state index in [1.807, 2.05) is 4.90 Å².